The van der Waals surface area contributed by atoms with Crippen LogP contribution in [0.15, 0.2) is 34.9 Å². The second kappa shape index (κ2) is 7.23. The number of aldehydes is 1. The minimum Gasteiger partial charge on any atom is -0.389 e. The summed E-state index contributed by atoms with van der Waals surface area (Å²) in [5.41, 5.74) is 3.27. The van der Waals surface area contributed by atoms with Gasteiger partial charge in [-0.05, 0) is 57.6 Å². The number of carbonyl (C=O) groups excluding carboxylic acids is 1. The molecule has 0 amide bonds. The van der Waals surface area contributed by atoms with Gasteiger partial charge in [0.25, 0.3) is 0 Å². The van der Waals surface area contributed by atoms with Gasteiger partial charge in [0.05, 0.1) is 6.10 Å². The highest BCUT2D eigenvalue weighted by molar-refractivity contribution is 5.73. The molecule has 0 aromatic heterocycles. The molecule has 0 aromatic carbocycles. The predicted octanol–water partition coefficient (Wildman–Crippen LogP) is 3.33. The molecule has 0 aromatic rings. The molecular weight excluding hydrogens is 212 g/mol. The van der Waals surface area contributed by atoms with Crippen LogP contribution in [0.4, 0.5) is 0 Å². The summed E-state index contributed by atoms with van der Waals surface area (Å²) in [6.07, 6.45) is 10.7. The molecule has 2 heteroatoms. The van der Waals surface area contributed by atoms with Crippen molar-refractivity contribution < 1.29 is 9.90 Å². The van der Waals surface area contributed by atoms with Crippen LogP contribution in [0.3, 0.4) is 0 Å². The van der Waals surface area contributed by atoms with Crippen molar-refractivity contribution in [1.82, 2.24) is 0 Å². The molecular formula is C15H22O2. The van der Waals surface area contributed by atoms with Gasteiger partial charge in [0.2, 0.25) is 0 Å². The fourth-order valence-electron chi connectivity index (χ4n) is 2.03. The molecule has 0 heterocycles. The van der Waals surface area contributed by atoms with Crippen LogP contribution in [0, 0.1) is 0 Å². The maximum absolute atomic E-state index is 10.9. The van der Waals surface area contributed by atoms with E-state index >= 15 is 0 Å². The Hall–Kier alpha value is -1.15. The highest BCUT2D eigenvalue weighted by Crippen LogP contribution is 2.16. The number of rotatable bonds is 1. The lowest BCUT2D eigenvalue weighted by Gasteiger charge is -2.09. The van der Waals surface area contributed by atoms with E-state index in [1.165, 1.54) is 11.1 Å². The molecule has 0 saturated heterocycles. The van der Waals surface area contributed by atoms with Crippen molar-refractivity contribution in [1.29, 1.82) is 0 Å². The SMILES string of the molecule is C/C1=C\CC/C(C=O)=C/C(O)C/C(C)=C/CC1. The third-order valence-electron chi connectivity index (χ3n) is 3.05. The summed E-state index contributed by atoms with van der Waals surface area (Å²) >= 11 is 0. The molecule has 0 aliphatic heterocycles. The van der Waals surface area contributed by atoms with Crippen LogP contribution < -0.4 is 0 Å². The fourth-order valence-corrected chi connectivity index (χ4v) is 2.03. The van der Waals surface area contributed by atoms with Crippen LogP contribution >= 0.6 is 0 Å². The molecule has 1 unspecified atom stereocenters. The Morgan fingerprint density at radius 1 is 1.18 bits per heavy atom. The zero-order valence-electron chi connectivity index (χ0n) is 10.8. The zero-order valence-corrected chi connectivity index (χ0v) is 10.8. The van der Waals surface area contributed by atoms with Gasteiger partial charge in [-0.2, -0.15) is 0 Å². The summed E-state index contributed by atoms with van der Waals surface area (Å²) in [6.45, 7) is 4.16. The van der Waals surface area contributed by atoms with Gasteiger partial charge >= 0.3 is 0 Å². The Kier molecular flexibility index (Phi) is 5.92. The molecule has 0 fully saturated rings. The number of aliphatic hydroxyl groups is 1. The molecule has 1 atom stereocenters. The third kappa shape index (κ3) is 5.64. The maximum Gasteiger partial charge on any atom is 0.145 e. The van der Waals surface area contributed by atoms with Crippen molar-refractivity contribution in [3.05, 3.63) is 34.9 Å². The first kappa shape index (κ1) is 13.9. The molecule has 1 aliphatic carbocycles. The standard InChI is InChI=1S/C15H22O2/c1-12-5-3-7-13(2)9-15(17)10-14(11-16)8-4-6-12/h6-7,10-11,15,17H,3-5,8-9H2,1-2H3/b12-6+,13-7+,14-10-. The third-order valence-corrected chi connectivity index (χ3v) is 3.05. The van der Waals surface area contributed by atoms with Crippen LogP contribution in [0.1, 0.15) is 46.0 Å². The predicted molar refractivity (Wildman–Crippen MR) is 70.8 cm³/mol. The molecule has 17 heavy (non-hydrogen) atoms. The zero-order chi connectivity index (χ0) is 12.7. The summed E-state index contributed by atoms with van der Waals surface area (Å²) in [7, 11) is 0. The molecule has 0 spiro atoms. The molecule has 0 radical (unpaired) electrons. The summed E-state index contributed by atoms with van der Waals surface area (Å²) in [5, 5.41) is 9.83. The number of carbonyl (C=O) groups is 1. The molecule has 1 aliphatic rings. The van der Waals surface area contributed by atoms with E-state index in [0.29, 0.717) is 12.0 Å². The van der Waals surface area contributed by atoms with Crippen LogP contribution in [-0.4, -0.2) is 17.5 Å². The van der Waals surface area contributed by atoms with E-state index in [-0.39, 0.29) is 0 Å². The molecule has 1 N–H and O–H groups in total. The summed E-state index contributed by atoms with van der Waals surface area (Å²) in [4.78, 5) is 10.9. The van der Waals surface area contributed by atoms with Crippen LogP contribution in [-0.2, 0) is 4.79 Å². The average molecular weight is 234 g/mol. The van der Waals surface area contributed by atoms with E-state index in [2.05, 4.69) is 19.1 Å². The minimum atomic E-state index is -0.532. The van der Waals surface area contributed by atoms with Gasteiger partial charge in [-0.25, -0.2) is 0 Å². The highest BCUT2D eigenvalue weighted by atomic mass is 16.3. The first-order valence-corrected chi connectivity index (χ1v) is 6.27. The monoisotopic (exact) mass is 234 g/mol. The van der Waals surface area contributed by atoms with E-state index in [0.717, 1.165) is 32.0 Å². The fraction of sp³-hybridized carbons (Fsp3) is 0.533. The Labute approximate surface area is 104 Å². The van der Waals surface area contributed by atoms with Gasteiger partial charge in [0, 0.05) is 0 Å². The second-order valence-electron chi connectivity index (χ2n) is 4.81. The van der Waals surface area contributed by atoms with Crippen molar-refractivity contribution in [3.8, 4) is 0 Å². The topological polar surface area (TPSA) is 37.3 Å². The second-order valence-corrected chi connectivity index (χ2v) is 4.81. The number of hydrogen-bond acceptors (Lipinski definition) is 2. The van der Waals surface area contributed by atoms with Crippen molar-refractivity contribution in [2.75, 3.05) is 0 Å². The van der Waals surface area contributed by atoms with Crippen molar-refractivity contribution in [3.63, 3.8) is 0 Å². The minimum absolute atomic E-state index is 0.532. The van der Waals surface area contributed by atoms with E-state index in [1.54, 1.807) is 6.08 Å². The van der Waals surface area contributed by atoms with E-state index in [9.17, 15) is 9.90 Å². The van der Waals surface area contributed by atoms with Crippen molar-refractivity contribution in [2.24, 2.45) is 0 Å². The van der Waals surface area contributed by atoms with E-state index in [1.807, 2.05) is 6.92 Å². The summed E-state index contributed by atoms with van der Waals surface area (Å²) < 4.78 is 0. The lowest BCUT2D eigenvalue weighted by atomic mass is 10.0. The molecule has 94 valence electrons. The quantitative estimate of drug-likeness (QED) is 0.558. The first-order chi connectivity index (χ1) is 8.11. The van der Waals surface area contributed by atoms with Crippen LogP contribution in [0.5, 0.6) is 0 Å². The van der Waals surface area contributed by atoms with Gasteiger partial charge in [-0.3, -0.25) is 4.79 Å². The van der Waals surface area contributed by atoms with Gasteiger partial charge in [-0.15, -0.1) is 0 Å². The summed E-state index contributed by atoms with van der Waals surface area (Å²) in [5.74, 6) is 0. The number of hydrogen-bond donors (Lipinski definition) is 1. The number of aliphatic hydroxyl groups excluding tert-OH is 1. The molecule has 0 bridgehead atoms. The van der Waals surface area contributed by atoms with Gasteiger partial charge < -0.3 is 5.11 Å². The smallest absolute Gasteiger partial charge is 0.145 e. The largest absolute Gasteiger partial charge is 0.389 e. The lowest BCUT2D eigenvalue weighted by molar-refractivity contribution is -0.105. The van der Waals surface area contributed by atoms with Crippen LogP contribution in [0.2, 0.25) is 0 Å². The Balaban J connectivity index is 2.82. The van der Waals surface area contributed by atoms with Gasteiger partial charge in [0.1, 0.15) is 6.29 Å². The summed E-state index contributed by atoms with van der Waals surface area (Å²) in [6, 6.07) is 0. The van der Waals surface area contributed by atoms with E-state index < -0.39 is 6.10 Å². The van der Waals surface area contributed by atoms with E-state index in [4.69, 9.17) is 0 Å². The number of allylic oxidation sites excluding steroid dienone is 4. The lowest BCUT2D eigenvalue weighted by Crippen LogP contribution is -2.05. The molecule has 0 saturated carbocycles. The van der Waals surface area contributed by atoms with Gasteiger partial charge in [0.15, 0.2) is 0 Å². The molecule has 1 rings (SSSR count). The van der Waals surface area contributed by atoms with Crippen molar-refractivity contribution in [2.45, 2.75) is 52.1 Å². The van der Waals surface area contributed by atoms with Crippen molar-refractivity contribution >= 4 is 6.29 Å². The first-order valence-electron chi connectivity index (χ1n) is 6.27. The average Bonchev–Trinajstić information content (AvgIpc) is 2.26. The highest BCUT2D eigenvalue weighted by Gasteiger charge is 2.05. The maximum atomic E-state index is 10.9. The molecule has 2 nitrogen and oxygen atoms in total. The Morgan fingerprint density at radius 3 is 2.53 bits per heavy atom. The Bertz CT molecular complexity index is 348. The van der Waals surface area contributed by atoms with Gasteiger partial charge in [-0.1, -0.05) is 23.3 Å². The Morgan fingerprint density at radius 2 is 1.82 bits per heavy atom. The van der Waals surface area contributed by atoms with Crippen LogP contribution in [0.25, 0.3) is 0 Å². The normalized spacial score (nSPS) is 32.9.